The Morgan fingerprint density at radius 3 is 2.58 bits per heavy atom. The number of halogens is 1. The van der Waals surface area contributed by atoms with Gasteiger partial charge in [-0.25, -0.2) is 4.40 Å². The molecular weight excluding hydrogens is 342 g/mol. The van der Waals surface area contributed by atoms with E-state index < -0.39 is 0 Å². The third kappa shape index (κ3) is 2.52. The maximum atomic E-state index is 12.8. The Hall–Kier alpha value is -2.50. The number of hydrogen-bond donors (Lipinski definition) is 0. The summed E-state index contributed by atoms with van der Waals surface area (Å²) in [5, 5.41) is 8.80. The van der Waals surface area contributed by atoms with Crippen molar-refractivity contribution in [2.75, 3.05) is 0 Å². The molecule has 6 heteroatoms. The average molecular weight is 354 g/mol. The topological polar surface area (TPSA) is 47.3 Å². The zero-order valence-corrected chi connectivity index (χ0v) is 14.3. The second-order valence-corrected chi connectivity index (χ2v) is 6.86. The Morgan fingerprint density at radius 1 is 1.08 bits per heavy atom. The number of hydrogen-bond acceptors (Lipinski definition) is 4. The summed E-state index contributed by atoms with van der Waals surface area (Å²) in [5.74, 6) is 0.473. The van der Waals surface area contributed by atoms with Gasteiger partial charge in [0.05, 0.1) is 9.55 Å². The molecular formula is C18H12ClN3OS. The third-order valence-corrected chi connectivity index (χ3v) is 5.03. The standard InChI is InChI=1S/C18H12ClN3OS/c1-11-6-8-12(9-7-11)10-15-17(23)22-16(20-21-18(22)24-15)13-4-2-3-5-14(13)19/h2-10H,1H3/b15-10-. The molecule has 0 bridgehead atoms. The van der Waals surface area contributed by atoms with Crippen molar-refractivity contribution in [1.29, 1.82) is 0 Å². The molecule has 4 nitrogen and oxygen atoms in total. The molecule has 0 unspecified atom stereocenters. The summed E-state index contributed by atoms with van der Waals surface area (Å²) in [6.45, 7) is 2.03. The van der Waals surface area contributed by atoms with Crippen LogP contribution < -0.4 is 10.1 Å². The number of benzene rings is 2. The van der Waals surface area contributed by atoms with Gasteiger partial charge in [0, 0.05) is 5.56 Å². The van der Waals surface area contributed by atoms with Crippen LogP contribution in [0.15, 0.2) is 53.3 Å². The molecule has 0 fully saturated rings. The fourth-order valence-electron chi connectivity index (χ4n) is 2.49. The van der Waals surface area contributed by atoms with Gasteiger partial charge in [-0.1, -0.05) is 64.9 Å². The molecule has 0 aliphatic heterocycles. The van der Waals surface area contributed by atoms with Gasteiger partial charge in [-0.2, -0.15) is 0 Å². The number of rotatable bonds is 2. The van der Waals surface area contributed by atoms with Crippen LogP contribution in [0.5, 0.6) is 0 Å². The number of nitrogens with zero attached hydrogens (tertiary/aromatic N) is 3. The lowest BCUT2D eigenvalue weighted by molar-refractivity contribution is 1.09. The zero-order valence-electron chi connectivity index (χ0n) is 12.7. The quantitative estimate of drug-likeness (QED) is 0.555. The summed E-state index contributed by atoms with van der Waals surface area (Å²) >= 11 is 7.55. The molecule has 0 aliphatic rings. The van der Waals surface area contributed by atoms with Gasteiger partial charge in [-0.05, 0) is 30.7 Å². The SMILES string of the molecule is Cc1ccc(/C=c2\sc3nnc(-c4ccccc4Cl)n3c2=O)cc1. The molecule has 0 radical (unpaired) electrons. The van der Waals surface area contributed by atoms with Crippen LogP contribution in [-0.2, 0) is 0 Å². The Kier molecular flexibility index (Phi) is 3.67. The van der Waals surface area contributed by atoms with E-state index in [-0.39, 0.29) is 5.56 Å². The summed E-state index contributed by atoms with van der Waals surface area (Å²) in [7, 11) is 0. The van der Waals surface area contributed by atoms with Crippen LogP contribution in [0, 0.1) is 6.92 Å². The van der Waals surface area contributed by atoms with Crippen molar-refractivity contribution in [3.63, 3.8) is 0 Å². The van der Waals surface area contributed by atoms with Crippen molar-refractivity contribution < 1.29 is 0 Å². The van der Waals surface area contributed by atoms with Crippen molar-refractivity contribution >= 4 is 34.0 Å². The molecule has 0 saturated carbocycles. The maximum Gasteiger partial charge on any atom is 0.276 e. The second-order valence-electron chi connectivity index (χ2n) is 5.45. The van der Waals surface area contributed by atoms with E-state index in [1.165, 1.54) is 21.3 Å². The van der Waals surface area contributed by atoms with Crippen molar-refractivity contribution in [1.82, 2.24) is 14.6 Å². The number of aryl methyl sites for hydroxylation is 1. The van der Waals surface area contributed by atoms with Crippen molar-refractivity contribution in [2.24, 2.45) is 0 Å². The first-order chi connectivity index (χ1) is 11.6. The van der Waals surface area contributed by atoms with Gasteiger partial charge < -0.3 is 0 Å². The molecule has 24 heavy (non-hydrogen) atoms. The number of fused-ring (bicyclic) bond motifs is 1. The minimum absolute atomic E-state index is 0.129. The Bertz CT molecular complexity index is 1150. The highest BCUT2D eigenvalue weighted by atomic mass is 35.5. The summed E-state index contributed by atoms with van der Waals surface area (Å²) in [6, 6.07) is 15.3. The van der Waals surface area contributed by atoms with Gasteiger partial charge in [0.15, 0.2) is 5.82 Å². The molecule has 0 atom stereocenters. The molecule has 0 aliphatic carbocycles. The van der Waals surface area contributed by atoms with Crippen molar-refractivity contribution in [2.45, 2.75) is 6.92 Å². The fraction of sp³-hybridized carbons (Fsp3) is 0.0556. The van der Waals surface area contributed by atoms with E-state index in [9.17, 15) is 4.79 Å². The maximum absolute atomic E-state index is 12.8. The summed E-state index contributed by atoms with van der Waals surface area (Å²) in [6.07, 6.45) is 1.87. The minimum Gasteiger partial charge on any atom is -0.267 e. The Labute approximate surface area is 146 Å². The van der Waals surface area contributed by atoms with Gasteiger partial charge in [-0.15, -0.1) is 10.2 Å². The monoisotopic (exact) mass is 353 g/mol. The normalized spacial score (nSPS) is 12.2. The molecule has 0 spiro atoms. The Balaban J connectivity index is 1.93. The van der Waals surface area contributed by atoms with E-state index in [1.807, 2.05) is 55.5 Å². The van der Waals surface area contributed by atoms with E-state index in [1.54, 1.807) is 6.07 Å². The first kappa shape index (κ1) is 15.1. The van der Waals surface area contributed by atoms with Gasteiger partial charge >= 0.3 is 0 Å². The summed E-state index contributed by atoms with van der Waals surface area (Å²) in [5.41, 5.74) is 2.73. The van der Waals surface area contributed by atoms with Crippen LogP contribution in [0.1, 0.15) is 11.1 Å². The third-order valence-electron chi connectivity index (χ3n) is 3.74. The molecule has 2 aromatic heterocycles. The van der Waals surface area contributed by atoms with Crippen LogP contribution in [0.2, 0.25) is 5.02 Å². The molecule has 0 N–H and O–H groups in total. The number of thiazole rings is 1. The van der Waals surface area contributed by atoms with E-state index in [2.05, 4.69) is 10.2 Å². The summed E-state index contributed by atoms with van der Waals surface area (Å²) in [4.78, 5) is 13.3. The molecule has 2 heterocycles. The van der Waals surface area contributed by atoms with Gasteiger partial charge in [0.25, 0.3) is 5.56 Å². The van der Waals surface area contributed by atoms with Crippen LogP contribution in [0.25, 0.3) is 22.4 Å². The van der Waals surface area contributed by atoms with Gasteiger partial charge in [0.2, 0.25) is 4.96 Å². The molecule has 2 aromatic carbocycles. The van der Waals surface area contributed by atoms with Gasteiger partial charge in [0.1, 0.15) is 0 Å². The first-order valence-corrected chi connectivity index (χ1v) is 8.54. The van der Waals surface area contributed by atoms with E-state index in [0.717, 1.165) is 5.56 Å². The van der Waals surface area contributed by atoms with Crippen LogP contribution in [-0.4, -0.2) is 14.6 Å². The lowest BCUT2D eigenvalue weighted by atomic mass is 10.1. The largest absolute Gasteiger partial charge is 0.276 e. The van der Waals surface area contributed by atoms with Crippen molar-refractivity contribution in [3.8, 4) is 11.4 Å². The smallest absolute Gasteiger partial charge is 0.267 e. The Morgan fingerprint density at radius 2 is 1.83 bits per heavy atom. The highest BCUT2D eigenvalue weighted by Crippen LogP contribution is 2.25. The predicted octanol–water partition coefficient (Wildman–Crippen LogP) is 3.33. The lowest BCUT2D eigenvalue weighted by Gasteiger charge is -1.99. The number of aromatic nitrogens is 3. The average Bonchev–Trinajstić information content (AvgIpc) is 3.11. The second kappa shape index (κ2) is 5.85. The highest BCUT2D eigenvalue weighted by molar-refractivity contribution is 7.15. The predicted molar refractivity (Wildman–Crippen MR) is 97.5 cm³/mol. The minimum atomic E-state index is -0.129. The molecule has 4 rings (SSSR count). The van der Waals surface area contributed by atoms with Crippen LogP contribution in [0.4, 0.5) is 0 Å². The van der Waals surface area contributed by atoms with Crippen molar-refractivity contribution in [3.05, 3.63) is 79.6 Å². The van der Waals surface area contributed by atoms with Crippen LogP contribution in [0.3, 0.4) is 0 Å². The van der Waals surface area contributed by atoms with Crippen LogP contribution >= 0.6 is 22.9 Å². The highest BCUT2D eigenvalue weighted by Gasteiger charge is 2.15. The molecule has 118 valence electrons. The molecule has 0 amide bonds. The first-order valence-electron chi connectivity index (χ1n) is 7.35. The van der Waals surface area contributed by atoms with E-state index in [0.29, 0.717) is 25.9 Å². The van der Waals surface area contributed by atoms with Gasteiger partial charge in [-0.3, -0.25) is 4.79 Å². The zero-order chi connectivity index (χ0) is 16.7. The molecule has 0 saturated heterocycles. The van der Waals surface area contributed by atoms with E-state index in [4.69, 9.17) is 11.6 Å². The summed E-state index contributed by atoms with van der Waals surface area (Å²) < 4.78 is 2.14. The lowest BCUT2D eigenvalue weighted by Crippen LogP contribution is -2.23. The van der Waals surface area contributed by atoms with E-state index >= 15 is 0 Å². The molecule has 4 aromatic rings. The fourth-order valence-corrected chi connectivity index (χ4v) is 3.63.